The highest BCUT2D eigenvalue weighted by Gasteiger charge is 2.07. The summed E-state index contributed by atoms with van der Waals surface area (Å²) in [5.41, 5.74) is 3.31. The van der Waals surface area contributed by atoms with Crippen LogP contribution in [0.2, 0.25) is 0 Å². The van der Waals surface area contributed by atoms with E-state index in [-0.39, 0.29) is 0 Å². The van der Waals surface area contributed by atoms with Crippen molar-refractivity contribution in [2.75, 3.05) is 19.5 Å². The highest BCUT2D eigenvalue weighted by molar-refractivity contribution is 6.17. The van der Waals surface area contributed by atoms with Gasteiger partial charge >= 0.3 is 0 Å². The van der Waals surface area contributed by atoms with E-state index in [4.69, 9.17) is 11.6 Å². The number of rotatable bonds is 7. The Morgan fingerprint density at radius 1 is 1.35 bits per heavy atom. The Bertz CT molecular complexity index is 384. The fourth-order valence-corrected chi connectivity index (χ4v) is 1.91. The lowest BCUT2D eigenvalue weighted by molar-refractivity contribution is 0.464. The summed E-state index contributed by atoms with van der Waals surface area (Å²) in [6.45, 7) is 8.97. The fourth-order valence-electron chi connectivity index (χ4n) is 1.72. The van der Waals surface area contributed by atoms with Crippen molar-refractivity contribution in [2.24, 2.45) is 0 Å². The van der Waals surface area contributed by atoms with E-state index in [1.165, 1.54) is 0 Å². The average Bonchev–Trinajstić information content (AvgIpc) is 2.38. The van der Waals surface area contributed by atoms with Gasteiger partial charge in [-0.15, -0.1) is 11.6 Å². The van der Waals surface area contributed by atoms with E-state index < -0.39 is 0 Å². The van der Waals surface area contributed by atoms with Gasteiger partial charge < -0.3 is 4.90 Å². The van der Waals surface area contributed by atoms with E-state index >= 15 is 0 Å². The molecule has 1 aromatic rings. The predicted molar refractivity (Wildman–Crippen MR) is 78.2 cm³/mol. The maximum Gasteiger partial charge on any atom is 0.0370 e. The molecule has 0 aliphatic rings. The van der Waals surface area contributed by atoms with E-state index in [0.29, 0.717) is 0 Å². The monoisotopic (exact) mass is 249 g/mol. The molecule has 0 aromatic heterocycles. The van der Waals surface area contributed by atoms with Crippen LogP contribution >= 0.6 is 11.6 Å². The van der Waals surface area contributed by atoms with Gasteiger partial charge in [0.25, 0.3) is 0 Å². The minimum absolute atomic E-state index is 0.726. The van der Waals surface area contributed by atoms with Crippen LogP contribution in [0.4, 0.5) is 0 Å². The highest BCUT2D eigenvalue weighted by Crippen LogP contribution is 2.21. The number of halogens is 1. The maximum absolute atomic E-state index is 5.68. The summed E-state index contributed by atoms with van der Waals surface area (Å²) < 4.78 is 0. The lowest BCUT2D eigenvalue weighted by Crippen LogP contribution is -2.18. The summed E-state index contributed by atoms with van der Waals surface area (Å²) in [5, 5.41) is 0. The summed E-state index contributed by atoms with van der Waals surface area (Å²) in [6, 6.07) is 8.18. The van der Waals surface area contributed by atoms with Gasteiger partial charge in [-0.25, -0.2) is 0 Å². The van der Waals surface area contributed by atoms with Crippen molar-refractivity contribution < 1.29 is 0 Å². The molecule has 0 heterocycles. The van der Waals surface area contributed by atoms with Crippen molar-refractivity contribution >= 4 is 23.4 Å². The third kappa shape index (κ3) is 3.94. The van der Waals surface area contributed by atoms with Crippen molar-refractivity contribution in [2.45, 2.75) is 12.8 Å². The van der Waals surface area contributed by atoms with Crippen LogP contribution in [-0.2, 0) is 0 Å². The molecule has 1 nitrogen and oxygen atoms in total. The molecule has 0 aliphatic heterocycles. The molecule has 0 aliphatic carbocycles. The molecule has 0 saturated heterocycles. The second-order valence-electron chi connectivity index (χ2n) is 4.06. The van der Waals surface area contributed by atoms with Crippen LogP contribution in [0.15, 0.2) is 37.4 Å². The van der Waals surface area contributed by atoms with E-state index in [1.807, 2.05) is 18.2 Å². The molecule has 0 unspecified atom stereocenters. The summed E-state index contributed by atoms with van der Waals surface area (Å²) in [7, 11) is 2.07. The Balaban J connectivity index is 2.71. The highest BCUT2D eigenvalue weighted by atomic mass is 35.5. The van der Waals surface area contributed by atoms with Gasteiger partial charge in [-0.3, -0.25) is 0 Å². The lowest BCUT2D eigenvalue weighted by atomic mass is 10.0. The van der Waals surface area contributed by atoms with Crippen LogP contribution < -0.4 is 0 Å². The second kappa shape index (κ2) is 7.18. The molecule has 1 rings (SSSR count). The largest absolute Gasteiger partial charge is 0.375 e. The number of hydrogen-bond donors (Lipinski definition) is 0. The van der Waals surface area contributed by atoms with E-state index in [2.05, 4.69) is 37.2 Å². The fraction of sp³-hybridized carbons (Fsp3) is 0.333. The molecular weight excluding hydrogens is 230 g/mol. The van der Waals surface area contributed by atoms with Gasteiger partial charge in [-0.1, -0.05) is 43.5 Å². The van der Waals surface area contributed by atoms with Crippen LogP contribution in [0.3, 0.4) is 0 Å². The normalized spacial score (nSPS) is 10.0. The van der Waals surface area contributed by atoms with Gasteiger partial charge in [0.2, 0.25) is 0 Å². The first kappa shape index (κ1) is 13.9. The molecular formula is C15H20ClN. The summed E-state index contributed by atoms with van der Waals surface area (Å²) >= 11 is 5.68. The number of unbranched alkanes of at least 4 members (excludes halogenated alkanes) is 1. The second-order valence-corrected chi connectivity index (χ2v) is 4.43. The van der Waals surface area contributed by atoms with Gasteiger partial charge in [0.1, 0.15) is 0 Å². The molecule has 0 radical (unpaired) electrons. The topological polar surface area (TPSA) is 3.24 Å². The molecule has 0 atom stereocenters. The van der Waals surface area contributed by atoms with Gasteiger partial charge in [0, 0.05) is 30.7 Å². The quantitative estimate of drug-likeness (QED) is 0.516. The minimum Gasteiger partial charge on any atom is -0.375 e. The molecule has 0 bridgehead atoms. The first-order valence-electron chi connectivity index (χ1n) is 5.88. The van der Waals surface area contributed by atoms with E-state index in [1.54, 1.807) is 0 Å². The van der Waals surface area contributed by atoms with Crippen LogP contribution in [0.1, 0.15) is 24.0 Å². The summed E-state index contributed by atoms with van der Waals surface area (Å²) in [6.07, 6.45) is 4.00. The number of benzene rings is 1. The number of alkyl halides is 1. The van der Waals surface area contributed by atoms with Gasteiger partial charge in [0.05, 0.1) is 0 Å². The Morgan fingerprint density at radius 3 is 2.71 bits per heavy atom. The predicted octanol–water partition coefficient (Wildman–Crippen LogP) is 4.25. The Labute approximate surface area is 109 Å². The Hall–Kier alpha value is -1.21. The molecule has 0 N–H and O–H groups in total. The molecule has 0 spiro atoms. The Kier molecular flexibility index (Phi) is 5.85. The third-order valence-corrected chi connectivity index (χ3v) is 3.10. The first-order valence-corrected chi connectivity index (χ1v) is 6.42. The molecule has 2 heteroatoms. The zero-order valence-corrected chi connectivity index (χ0v) is 11.2. The molecule has 0 fully saturated rings. The number of nitrogens with zero attached hydrogens (tertiary/aromatic N) is 1. The number of hydrogen-bond acceptors (Lipinski definition) is 1. The van der Waals surface area contributed by atoms with Gasteiger partial charge in [-0.2, -0.15) is 0 Å². The lowest BCUT2D eigenvalue weighted by Gasteiger charge is -2.23. The molecule has 0 saturated carbocycles. The van der Waals surface area contributed by atoms with Gasteiger partial charge in [-0.05, 0) is 18.4 Å². The van der Waals surface area contributed by atoms with Crippen molar-refractivity contribution in [1.82, 2.24) is 4.90 Å². The van der Waals surface area contributed by atoms with Crippen molar-refractivity contribution in [3.8, 4) is 0 Å². The van der Waals surface area contributed by atoms with E-state index in [9.17, 15) is 0 Å². The van der Waals surface area contributed by atoms with E-state index in [0.717, 1.165) is 42.1 Å². The summed E-state index contributed by atoms with van der Waals surface area (Å²) in [5.74, 6) is 0.726. The van der Waals surface area contributed by atoms with Crippen LogP contribution in [0.25, 0.3) is 11.8 Å². The zero-order valence-electron chi connectivity index (χ0n) is 10.5. The Morgan fingerprint density at radius 2 is 2.06 bits per heavy atom. The van der Waals surface area contributed by atoms with Crippen molar-refractivity contribution in [3.63, 3.8) is 0 Å². The SMILES string of the molecule is C=Cc1ccccc1C(=C)N(C)CCCCCl. The standard InChI is InChI=1S/C15H20ClN/c1-4-14-9-5-6-10-15(14)13(2)17(3)12-8-7-11-16/h4-6,9-10H,1-2,7-8,11-12H2,3H3. The van der Waals surface area contributed by atoms with Gasteiger partial charge in [0.15, 0.2) is 0 Å². The molecule has 1 aromatic carbocycles. The van der Waals surface area contributed by atoms with Crippen molar-refractivity contribution in [3.05, 3.63) is 48.6 Å². The average molecular weight is 250 g/mol. The molecule has 17 heavy (non-hydrogen) atoms. The van der Waals surface area contributed by atoms with Crippen LogP contribution in [0, 0.1) is 0 Å². The maximum atomic E-state index is 5.68. The third-order valence-electron chi connectivity index (χ3n) is 2.83. The van der Waals surface area contributed by atoms with Crippen LogP contribution in [-0.4, -0.2) is 24.4 Å². The minimum atomic E-state index is 0.726. The first-order chi connectivity index (χ1) is 8.20. The molecule has 92 valence electrons. The summed E-state index contributed by atoms with van der Waals surface area (Å²) in [4.78, 5) is 2.18. The van der Waals surface area contributed by atoms with Crippen LogP contribution in [0.5, 0.6) is 0 Å². The van der Waals surface area contributed by atoms with Crippen molar-refractivity contribution in [1.29, 1.82) is 0 Å². The zero-order chi connectivity index (χ0) is 12.7. The molecule has 0 amide bonds. The smallest absolute Gasteiger partial charge is 0.0370 e.